The maximum absolute atomic E-state index is 8.89. The lowest BCUT2D eigenvalue weighted by Crippen LogP contribution is -2.34. The molecule has 0 heterocycles. The zero-order valence-corrected chi connectivity index (χ0v) is 9.86. The molecule has 0 rings (SSSR count). The molecule has 0 aliphatic rings. The van der Waals surface area contributed by atoms with E-state index in [-0.39, 0.29) is 12.6 Å². The Bertz CT molecular complexity index is 131. The minimum atomic E-state index is 0.203. The van der Waals surface area contributed by atoms with Gasteiger partial charge in [-0.25, -0.2) is 0 Å². The van der Waals surface area contributed by atoms with Gasteiger partial charge < -0.3 is 14.7 Å². The summed E-state index contributed by atoms with van der Waals surface area (Å²) in [5, 5.41) is 8.89. The number of aliphatic hydroxyl groups is 1. The van der Waals surface area contributed by atoms with Gasteiger partial charge in [-0.2, -0.15) is 0 Å². The number of rotatable bonds is 8. The molecule has 0 radical (unpaired) electrons. The van der Waals surface area contributed by atoms with E-state index >= 15 is 0 Å². The molecule has 4 heteroatoms. The van der Waals surface area contributed by atoms with E-state index in [1.807, 2.05) is 28.1 Å². The SMILES string of the molecule is CC(CO)N(C)CCOCCN(C)C. The Labute approximate surface area is 87.5 Å². The Morgan fingerprint density at radius 3 is 2.21 bits per heavy atom. The number of hydrogen-bond acceptors (Lipinski definition) is 4. The first kappa shape index (κ1) is 13.8. The van der Waals surface area contributed by atoms with Gasteiger partial charge in [0.2, 0.25) is 0 Å². The van der Waals surface area contributed by atoms with Gasteiger partial charge in [-0.3, -0.25) is 4.90 Å². The van der Waals surface area contributed by atoms with Crippen molar-refractivity contribution in [3.63, 3.8) is 0 Å². The molecule has 0 aliphatic heterocycles. The van der Waals surface area contributed by atoms with Crippen LogP contribution in [-0.4, -0.2) is 75.0 Å². The molecule has 0 aromatic heterocycles. The van der Waals surface area contributed by atoms with Crippen LogP contribution >= 0.6 is 0 Å². The van der Waals surface area contributed by atoms with Gasteiger partial charge in [-0.05, 0) is 28.1 Å². The summed E-state index contributed by atoms with van der Waals surface area (Å²) in [5.41, 5.74) is 0. The van der Waals surface area contributed by atoms with E-state index in [4.69, 9.17) is 9.84 Å². The van der Waals surface area contributed by atoms with Gasteiger partial charge in [0.25, 0.3) is 0 Å². The molecule has 1 unspecified atom stereocenters. The number of likely N-dealkylation sites (N-methyl/N-ethyl adjacent to an activating group) is 2. The molecule has 0 aliphatic carbocycles. The smallest absolute Gasteiger partial charge is 0.0594 e. The Kier molecular flexibility index (Phi) is 8.08. The summed E-state index contributed by atoms with van der Waals surface area (Å²) < 4.78 is 5.44. The lowest BCUT2D eigenvalue weighted by atomic mass is 10.3. The predicted molar refractivity (Wildman–Crippen MR) is 58.6 cm³/mol. The minimum Gasteiger partial charge on any atom is -0.395 e. The highest BCUT2D eigenvalue weighted by atomic mass is 16.5. The van der Waals surface area contributed by atoms with E-state index < -0.39 is 0 Å². The number of ether oxygens (including phenoxy) is 1. The maximum atomic E-state index is 8.89. The van der Waals surface area contributed by atoms with Crippen LogP contribution in [-0.2, 0) is 4.74 Å². The average Bonchev–Trinajstić information content (AvgIpc) is 2.15. The van der Waals surface area contributed by atoms with Crippen molar-refractivity contribution in [2.75, 3.05) is 54.1 Å². The lowest BCUT2D eigenvalue weighted by molar-refractivity contribution is 0.0784. The fourth-order valence-corrected chi connectivity index (χ4v) is 0.917. The number of hydrogen-bond donors (Lipinski definition) is 1. The van der Waals surface area contributed by atoms with Crippen LogP contribution in [0, 0.1) is 0 Å². The quantitative estimate of drug-likeness (QED) is 0.559. The van der Waals surface area contributed by atoms with Crippen molar-refractivity contribution in [1.82, 2.24) is 9.80 Å². The van der Waals surface area contributed by atoms with E-state index in [0.29, 0.717) is 0 Å². The van der Waals surface area contributed by atoms with Crippen molar-refractivity contribution in [2.24, 2.45) is 0 Å². The van der Waals surface area contributed by atoms with E-state index in [9.17, 15) is 0 Å². The van der Waals surface area contributed by atoms with Crippen LogP contribution in [0.15, 0.2) is 0 Å². The first-order valence-corrected chi connectivity index (χ1v) is 5.11. The summed E-state index contributed by atoms with van der Waals surface area (Å²) in [6.45, 7) is 5.53. The van der Waals surface area contributed by atoms with Crippen LogP contribution in [0.25, 0.3) is 0 Å². The van der Waals surface area contributed by atoms with Gasteiger partial charge in [0, 0.05) is 19.1 Å². The monoisotopic (exact) mass is 204 g/mol. The van der Waals surface area contributed by atoms with Crippen molar-refractivity contribution in [1.29, 1.82) is 0 Å². The summed E-state index contributed by atoms with van der Waals surface area (Å²) in [7, 11) is 6.06. The molecule has 0 saturated carbocycles. The second-order valence-corrected chi connectivity index (χ2v) is 3.93. The largest absolute Gasteiger partial charge is 0.395 e. The topological polar surface area (TPSA) is 35.9 Å². The third-order valence-electron chi connectivity index (χ3n) is 2.29. The lowest BCUT2D eigenvalue weighted by Gasteiger charge is -2.22. The summed E-state index contributed by atoms with van der Waals surface area (Å²) >= 11 is 0. The van der Waals surface area contributed by atoms with Gasteiger partial charge in [0.05, 0.1) is 19.8 Å². The van der Waals surface area contributed by atoms with Crippen LogP contribution in [0.2, 0.25) is 0 Å². The van der Waals surface area contributed by atoms with Gasteiger partial charge in [-0.15, -0.1) is 0 Å². The molecule has 86 valence electrons. The number of nitrogens with zero attached hydrogens (tertiary/aromatic N) is 2. The van der Waals surface area contributed by atoms with E-state index in [2.05, 4.69) is 9.80 Å². The van der Waals surface area contributed by atoms with Crippen molar-refractivity contribution in [2.45, 2.75) is 13.0 Å². The van der Waals surface area contributed by atoms with Crippen LogP contribution < -0.4 is 0 Å². The molecule has 0 aromatic rings. The predicted octanol–water partition coefficient (Wildman–Crippen LogP) is -0.123. The highest BCUT2D eigenvalue weighted by Gasteiger charge is 2.06. The Balaban J connectivity index is 3.27. The van der Waals surface area contributed by atoms with Crippen molar-refractivity contribution in [3.8, 4) is 0 Å². The van der Waals surface area contributed by atoms with Crippen LogP contribution in [0.3, 0.4) is 0 Å². The third-order valence-corrected chi connectivity index (χ3v) is 2.29. The normalized spacial score (nSPS) is 13.9. The molecule has 0 amide bonds. The Morgan fingerprint density at radius 1 is 1.14 bits per heavy atom. The van der Waals surface area contributed by atoms with Crippen LogP contribution in [0.4, 0.5) is 0 Å². The van der Waals surface area contributed by atoms with Crippen molar-refractivity contribution < 1.29 is 9.84 Å². The summed E-state index contributed by atoms with van der Waals surface area (Å²) in [6.07, 6.45) is 0. The fourth-order valence-electron chi connectivity index (χ4n) is 0.917. The molecule has 4 nitrogen and oxygen atoms in total. The Morgan fingerprint density at radius 2 is 1.71 bits per heavy atom. The first-order valence-electron chi connectivity index (χ1n) is 5.11. The summed E-state index contributed by atoms with van der Waals surface area (Å²) in [6, 6.07) is 0.215. The van der Waals surface area contributed by atoms with Crippen molar-refractivity contribution >= 4 is 0 Å². The maximum Gasteiger partial charge on any atom is 0.0594 e. The molecule has 0 bridgehead atoms. The molecule has 0 spiro atoms. The highest BCUT2D eigenvalue weighted by molar-refractivity contribution is 4.60. The zero-order valence-electron chi connectivity index (χ0n) is 9.86. The van der Waals surface area contributed by atoms with Gasteiger partial charge in [-0.1, -0.05) is 0 Å². The van der Waals surface area contributed by atoms with Crippen LogP contribution in [0.5, 0.6) is 0 Å². The molecular weight excluding hydrogens is 180 g/mol. The molecule has 0 aromatic carbocycles. The Hall–Kier alpha value is -0.160. The standard InChI is InChI=1S/C10H24N2O2/c1-10(9-13)12(4)6-8-14-7-5-11(2)3/h10,13H,5-9H2,1-4H3. The van der Waals surface area contributed by atoms with Crippen molar-refractivity contribution in [3.05, 3.63) is 0 Å². The minimum absolute atomic E-state index is 0.203. The number of aliphatic hydroxyl groups excluding tert-OH is 1. The van der Waals surface area contributed by atoms with E-state index in [0.717, 1.165) is 26.3 Å². The fraction of sp³-hybridized carbons (Fsp3) is 1.00. The van der Waals surface area contributed by atoms with Gasteiger partial charge in [0.15, 0.2) is 0 Å². The van der Waals surface area contributed by atoms with E-state index in [1.165, 1.54) is 0 Å². The highest BCUT2D eigenvalue weighted by Crippen LogP contribution is 1.93. The van der Waals surface area contributed by atoms with Gasteiger partial charge >= 0.3 is 0 Å². The van der Waals surface area contributed by atoms with E-state index in [1.54, 1.807) is 0 Å². The molecule has 14 heavy (non-hydrogen) atoms. The molecule has 0 fully saturated rings. The first-order chi connectivity index (χ1) is 6.57. The second-order valence-electron chi connectivity index (χ2n) is 3.93. The van der Waals surface area contributed by atoms with Gasteiger partial charge in [0.1, 0.15) is 0 Å². The zero-order chi connectivity index (χ0) is 11.0. The molecular formula is C10H24N2O2. The summed E-state index contributed by atoms with van der Waals surface area (Å²) in [4.78, 5) is 4.19. The van der Waals surface area contributed by atoms with Crippen LogP contribution in [0.1, 0.15) is 6.92 Å². The average molecular weight is 204 g/mol. The summed E-state index contributed by atoms with van der Waals surface area (Å²) in [5.74, 6) is 0. The third kappa shape index (κ3) is 7.26. The molecule has 1 N–H and O–H groups in total. The second kappa shape index (κ2) is 8.17. The molecule has 1 atom stereocenters. The molecule has 0 saturated heterocycles.